The number of fused-ring (bicyclic) bond motifs is 7. The first-order valence-electron chi connectivity index (χ1n) is 12.2. The van der Waals surface area contributed by atoms with Crippen molar-refractivity contribution in [1.82, 2.24) is 9.55 Å². The zero-order chi connectivity index (χ0) is 23.6. The molecule has 0 radical (unpaired) electrons. The first-order valence-corrected chi connectivity index (χ1v) is 12.2. The van der Waals surface area contributed by atoms with Crippen LogP contribution in [-0.2, 0) is 0 Å². The SMILES string of the molecule is c1ccc(-c2cccc3nc(-n4c5ccccc5c5cc6oc7ccccc7c6cc54)ccc23)cc1. The number of nitrogens with zero attached hydrogens (tertiary/aromatic N) is 2. The van der Waals surface area contributed by atoms with Gasteiger partial charge < -0.3 is 4.42 Å². The van der Waals surface area contributed by atoms with Crippen LogP contribution in [0.25, 0.3) is 71.6 Å². The average molecular weight is 461 g/mol. The van der Waals surface area contributed by atoms with E-state index in [9.17, 15) is 0 Å². The zero-order valence-corrected chi connectivity index (χ0v) is 19.3. The van der Waals surface area contributed by atoms with Crippen molar-refractivity contribution in [3.05, 3.63) is 121 Å². The number of hydrogen-bond donors (Lipinski definition) is 0. The predicted octanol–water partition coefficient (Wildman–Crippen LogP) is 8.90. The molecule has 5 aromatic carbocycles. The molecule has 0 N–H and O–H groups in total. The molecular weight excluding hydrogens is 440 g/mol. The van der Waals surface area contributed by atoms with Gasteiger partial charge in [0.2, 0.25) is 0 Å². The summed E-state index contributed by atoms with van der Waals surface area (Å²) in [7, 11) is 0. The Balaban J connectivity index is 1.44. The van der Waals surface area contributed by atoms with E-state index in [1.165, 1.54) is 16.5 Å². The number of furan rings is 1. The van der Waals surface area contributed by atoms with Crippen LogP contribution in [0.15, 0.2) is 126 Å². The van der Waals surface area contributed by atoms with Gasteiger partial charge in [-0.15, -0.1) is 0 Å². The maximum absolute atomic E-state index is 6.21. The lowest BCUT2D eigenvalue weighted by Gasteiger charge is -2.11. The molecule has 0 atom stereocenters. The molecule has 8 rings (SSSR count). The van der Waals surface area contributed by atoms with Gasteiger partial charge in [-0.2, -0.15) is 0 Å². The first kappa shape index (κ1) is 19.4. The van der Waals surface area contributed by atoms with Gasteiger partial charge in [-0.05, 0) is 53.6 Å². The molecule has 0 spiro atoms. The zero-order valence-electron chi connectivity index (χ0n) is 19.3. The molecule has 0 amide bonds. The van der Waals surface area contributed by atoms with Crippen molar-refractivity contribution in [1.29, 1.82) is 0 Å². The summed E-state index contributed by atoms with van der Waals surface area (Å²) in [5, 5.41) is 5.75. The molecule has 0 unspecified atom stereocenters. The number of rotatable bonds is 2. The van der Waals surface area contributed by atoms with Crippen LogP contribution in [0, 0.1) is 0 Å². The third-order valence-corrected chi connectivity index (χ3v) is 7.20. The molecule has 0 aliphatic rings. The Morgan fingerprint density at radius 3 is 2.22 bits per heavy atom. The minimum Gasteiger partial charge on any atom is -0.456 e. The second-order valence-electron chi connectivity index (χ2n) is 9.22. The highest BCUT2D eigenvalue weighted by Crippen LogP contribution is 2.38. The molecule has 3 heteroatoms. The van der Waals surface area contributed by atoms with Gasteiger partial charge in [0.05, 0.1) is 16.6 Å². The number of hydrogen-bond acceptors (Lipinski definition) is 2. The maximum Gasteiger partial charge on any atom is 0.138 e. The van der Waals surface area contributed by atoms with Gasteiger partial charge in [-0.3, -0.25) is 4.57 Å². The van der Waals surface area contributed by atoms with Crippen molar-refractivity contribution in [2.75, 3.05) is 0 Å². The van der Waals surface area contributed by atoms with Crippen molar-refractivity contribution in [3.8, 4) is 16.9 Å². The molecule has 0 aliphatic heterocycles. The Hall–Kier alpha value is -4.89. The lowest BCUT2D eigenvalue weighted by Crippen LogP contribution is -1.98. The van der Waals surface area contributed by atoms with Crippen molar-refractivity contribution in [2.24, 2.45) is 0 Å². The van der Waals surface area contributed by atoms with Crippen LogP contribution >= 0.6 is 0 Å². The smallest absolute Gasteiger partial charge is 0.138 e. The highest BCUT2D eigenvalue weighted by molar-refractivity contribution is 6.17. The molecule has 0 aliphatic carbocycles. The van der Waals surface area contributed by atoms with E-state index in [0.29, 0.717) is 0 Å². The van der Waals surface area contributed by atoms with Crippen LogP contribution in [0.5, 0.6) is 0 Å². The quantitative estimate of drug-likeness (QED) is 0.258. The first-order chi connectivity index (χ1) is 17.8. The van der Waals surface area contributed by atoms with Gasteiger partial charge in [0.15, 0.2) is 0 Å². The summed E-state index contributed by atoms with van der Waals surface area (Å²) in [6, 6.07) is 42.4. The highest BCUT2D eigenvalue weighted by atomic mass is 16.3. The molecule has 3 nitrogen and oxygen atoms in total. The standard InChI is InChI=1S/C33H20N2O/c1-2-9-21(10-3-1)22-13-8-14-28-23(22)17-18-33(34-28)35-29-15-6-4-11-24(29)26-20-32-27(19-30(26)35)25-12-5-7-16-31(25)36-32/h1-20H. The molecule has 0 fully saturated rings. The number of para-hydroxylation sites is 2. The maximum atomic E-state index is 6.21. The Morgan fingerprint density at radius 2 is 1.31 bits per heavy atom. The van der Waals surface area contributed by atoms with E-state index in [-0.39, 0.29) is 0 Å². The van der Waals surface area contributed by atoms with Gasteiger partial charge in [-0.1, -0.05) is 78.9 Å². The summed E-state index contributed by atoms with van der Waals surface area (Å²) in [4.78, 5) is 5.17. The van der Waals surface area contributed by atoms with Gasteiger partial charge in [0.25, 0.3) is 0 Å². The monoisotopic (exact) mass is 460 g/mol. The van der Waals surface area contributed by atoms with E-state index in [2.05, 4.69) is 108 Å². The molecular formula is C33H20N2O. The third-order valence-electron chi connectivity index (χ3n) is 7.20. The fraction of sp³-hybridized carbons (Fsp3) is 0. The van der Waals surface area contributed by atoms with Crippen LogP contribution in [0.4, 0.5) is 0 Å². The van der Waals surface area contributed by atoms with E-state index >= 15 is 0 Å². The van der Waals surface area contributed by atoms with Crippen molar-refractivity contribution >= 4 is 54.6 Å². The fourth-order valence-corrected chi connectivity index (χ4v) is 5.57. The van der Waals surface area contributed by atoms with Gasteiger partial charge in [0.1, 0.15) is 17.0 Å². The number of benzene rings is 5. The molecule has 0 saturated heterocycles. The predicted molar refractivity (Wildman–Crippen MR) is 149 cm³/mol. The van der Waals surface area contributed by atoms with Crippen LogP contribution in [0.3, 0.4) is 0 Å². The van der Waals surface area contributed by atoms with Crippen LogP contribution in [0.2, 0.25) is 0 Å². The summed E-state index contributed by atoms with van der Waals surface area (Å²) >= 11 is 0. The summed E-state index contributed by atoms with van der Waals surface area (Å²) in [6.07, 6.45) is 0. The van der Waals surface area contributed by atoms with Crippen LogP contribution in [-0.4, -0.2) is 9.55 Å². The van der Waals surface area contributed by atoms with Crippen molar-refractivity contribution < 1.29 is 4.42 Å². The Bertz CT molecular complexity index is 2100. The Kier molecular flexibility index (Phi) is 3.94. The summed E-state index contributed by atoms with van der Waals surface area (Å²) in [5.41, 5.74) is 7.45. The highest BCUT2D eigenvalue weighted by Gasteiger charge is 2.17. The minimum atomic E-state index is 0.908. The van der Waals surface area contributed by atoms with Crippen LogP contribution in [0.1, 0.15) is 0 Å². The van der Waals surface area contributed by atoms with Gasteiger partial charge in [0, 0.05) is 26.9 Å². The van der Waals surface area contributed by atoms with Crippen molar-refractivity contribution in [3.63, 3.8) is 0 Å². The Morgan fingerprint density at radius 1 is 0.500 bits per heavy atom. The van der Waals surface area contributed by atoms with Crippen molar-refractivity contribution in [2.45, 2.75) is 0 Å². The summed E-state index contributed by atoms with van der Waals surface area (Å²) in [5.74, 6) is 0.908. The molecule has 3 aromatic heterocycles. The molecule has 0 saturated carbocycles. The lowest BCUT2D eigenvalue weighted by molar-refractivity contribution is 0.669. The molecule has 3 heterocycles. The summed E-state index contributed by atoms with van der Waals surface area (Å²) < 4.78 is 8.49. The van der Waals surface area contributed by atoms with E-state index in [1.807, 2.05) is 18.2 Å². The average Bonchev–Trinajstić information content (AvgIpc) is 3.46. The molecule has 168 valence electrons. The van der Waals surface area contributed by atoms with Gasteiger partial charge >= 0.3 is 0 Å². The normalized spacial score (nSPS) is 11.9. The summed E-state index contributed by atoms with van der Waals surface area (Å²) in [6.45, 7) is 0. The van der Waals surface area contributed by atoms with E-state index in [0.717, 1.165) is 55.1 Å². The molecule has 36 heavy (non-hydrogen) atoms. The molecule has 8 aromatic rings. The van der Waals surface area contributed by atoms with E-state index in [4.69, 9.17) is 9.40 Å². The Labute approximate surface area is 206 Å². The van der Waals surface area contributed by atoms with Gasteiger partial charge in [-0.25, -0.2) is 4.98 Å². The minimum absolute atomic E-state index is 0.908. The second kappa shape index (κ2) is 7.30. The number of aromatic nitrogens is 2. The number of pyridine rings is 1. The van der Waals surface area contributed by atoms with E-state index < -0.39 is 0 Å². The topological polar surface area (TPSA) is 31.0 Å². The molecule has 0 bridgehead atoms. The third kappa shape index (κ3) is 2.71. The fourth-order valence-electron chi connectivity index (χ4n) is 5.57. The largest absolute Gasteiger partial charge is 0.456 e. The van der Waals surface area contributed by atoms with E-state index in [1.54, 1.807) is 0 Å². The second-order valence-corrected chi connectivity index (χ2v) is 9.22. The lowest BCUT2D eigenvalue weighted by atomic mass is 10.0. The van der Waals surface area contributed by atoms with Crippen LogP contribution < -0.4 is 0 Å².